The van der Waals surface area contributed by atoms with Crippen molar-refractivity contribution in [1.82, 2.24) is 9.78 Å². The number of hydrogen-bond donors (Lipinski definition) is 0. The van der Waals surface area contributed by atoms with E-state index in [1.165, 1.54) is 10.7 Å². The Hall–Kier alpha value is -0.430. The molecule has 0 unspecified atom stereocenters. The fourth-order valence-corrected chi connectivity index (χ4v) is 1.85. The first-order chi connectivity index (χ1) is 6.66. The summed E-state index contributed by atoms with van der Waals surface area (Å²) < 4.78 is 16.7. The molecule has 5 heteroatoms. The van der Waals surface area contributed by atoms with E-state index in [4.69, 9.17) is 0 Å². The number of benzene rings is 1. The van der Waals surface area contributed by atoms with Gasteiger partial charge in [-0.3, -0.25) is 0 Å². The van der Waals surface area contributed by atoms with Crippen LogP contribution in [0.5, 0.6) is 0 Å². The van der Waals surface area contributed by atoms with E-state index in [0.717, 1.165) is 8.04 Å². The molecule has 72 valence electrons. The molecule has 0 bridgehead atoms. The standard InChI is InChI=1S/C9H5BrFIN2/c10-6-4-13-14(5-6)9-3-7(12)1-2-8(9)11/h1-5H. The van der Waals surface area contributed by atoms with Crippen LogP contribution in [0.15, 0.2) is 35.1 Å². The predicted octanol–water partition coefficient (Wildman–Crippen LogP) is 3.38. The molecular weight excluding hydrogens is 362 g/mol. The summed E-state index contributed by atoms with van der Waals surface area (Å²) in [4.78, 5) is 0. The second-order valence-electron chi connectivity index (χ2n) is 2.70. The van der Waals surface area contributed by atoms with E-state index in [-0.39, 0.29) is 5.82 Å². The van der Waals surface area contributed by atoms with Crippen LogP contribution in [0.3, 0.4) is 0 Å². The van der Waals surface area contributed by atoms with Gasteiger partial charge in [-0.2, -0.15) is 5.10 Å². The van der Waals surface area contributed by atoms with Gasteiger partial charge in [0, 0.05) is 9.77 Å². The van der Waals surface area contributed by atoms with E-state index in [9.17, 15) is 4.39 Å². The molecule has 0 fully saturated rings. The van der Waals surface area contributed by atoms with Crippen LogP contribution >= 0.6 is 38.5 Å². The van der Waals surface area contributed by atoms with E-state index in [1.807, 2.05) is 0 Å². The molecular formula is C9H5BrFIN2. The maximum Gasteiger partial charge on any atom is 0.148 e. The summed E-state index contributed by atoms with van der Waals surface area (Å²) in [5, 5.41) is 4.01. The van der Waals surface area contributed by atoms with E-state index < -0.39 is 0 Å². The number of aromatic nitrogens is 2. The average molecular weight is 367 g/mol. The SMILES string of the molecule is Fc1ccc(I)cc1-n1cc(Br)cn1. The third kappa shape index (κ3) is 1.98. The van der Waals surface area contributed by atoms with Crippen LogP contribution < -0.4 is 0 Å². The zero-order valence-corrected chi connectivity index (χ0v) is 10.7. The Labute approximate surface area is 102 Å². The highest BCUT2D eigenvalue weighted by atomic mass is 127. The van der Waals surface area contributed by atoms with Gasteiger partial charge in [0.15, 0.2) is 0 Å². The van der Waals surface area contributed by atoms with E-state index >= 15 is 0 Å². The number of rotatable bonds is 1. The molecule has 0 aliphatic heterocycles. The molecule has 0 atom stereocenters. The average Bonchev–Trinajstić information content (AvgIpc) is 2.56. The first kappa shape index (κ1) is 10.1. The van der Waals surface area contributed by atoms with Gasteiger partial charge < -0.3 is 0 Å². The van der Waals surface area contributed by atoms with Crippen molar-refractivity contribution in [1.29, 1.82) is 0 Å². The highest BCUT2D eigenvalue weighted by Gasteiger charge is 2.05. The van der Waals surface area contributed by atoms with Crippen molar-refractivity contribution in [3.05, 3.63) is 44.5 Å². The third-order valence-corrected chi connectivity index (χ3v) is 2.79. The summed E-state index contributed by atoms with van der Waals surface area (Å²) >= 11 is 5.40. The van der Waals surface area contributed by atoms with Crippen LogP contribution in [-0.2, 0) is 0 Å². The number of hydrogen-bond acceptors (Lipinski definition) is 1. The van der Waals surface area contributed by atoms with Gasteiger partial charge in [-0.15, -0.1) is 0 Å². The topological polar surface area (TPSA) is 17.8 Å². The first-order valence-electron chi connectivity index (χ1n) is 3.82. The lowest BCUT2D eigenvalue weighted by Crippen LogP contribution is -1.98. The van der Waals surface area contributed by atoms with Gasteiger partial charge in [0.25, 0.3) is 0 Å². The van der Waals surface area contributed by atoms with Gasteiger partial charge >= 0.3 is 0 Å². The van der Waals surface area contributed by atoms with Gasteiger partial charge in [-0.25, -0.2) is 9.07 Å². The lowest BCUT2D eigenvalue weighted by atomic mass is 10.3. The molecule has 0 aliphatic rings. The number of halogens is 3. The summed E-state index contributed by atoms with van der Waals surface area (Å²) in [7, 11) is 0. The van der Waals surface area contributed by atoms with Crippen LogP contribution in [0.4, 0.5) is 4.39 Å². The van der Waals surface area contributed by atoms with Gasteiger partial charge in [0.1, 0.15) is 11.5 Å². The lowest BCUT2D eigenvalue weighted by Gasteiger charge is -2.02. The van der Waals surface area contributed by atoms with Crippen LogP contribution in [0.1, 0.15) is 0 Å². The minimum atomic E-state index is -0.277. The van der Waals surface area contributed by atoms with Crippen molar-refractivity contribution >= 4 is 38.5 Å². The summed E-state index contributed by atoms with van der Waals surface area (Å²) in [6, 6.07) is 4.90. The normalized spacial score (nSPS) is 10.5. The molecule has 14 heavy (non-hydrogen) atoms. The fourth-order valence-electron chi connectivity index (χ4n) is 1.09. The maximum absolute atomic E-state index is 13.4. The van der Waals surface area contributed by atoms with Crippen molar-refractivity contribution in [2.24, 2.45) is 0 Å². The van der Waals surface area contributed by atoms with Crippen LogP contribution in [0.2, 0.25) is 0 Å². The molecule has 0 aliphatic carbocycles. The number of nitrogens with zero attached hydrogens (tertiary/aromatic N) is 2. The van der Waals surface area contributed by atoms with E-state index in [1.54, 1.807) is 24.5 Å². The van der Waals surface area contributed by atoms with Gasteiger partial charge in [0.2, 0.25) is 0 Å². The molecule has 0 N–H and O–H groups in total. The minimum Gasteiger partial charge on any atom is -0.237 e. The molecule has 2 rings (SSSR count). The van der Waals surface area contributed by atoms with Gasteiger partial charge in [-0.05, 0) is 56.7 Å². The van der Waals surface area contributed by atoms with Crippen LogP contribution in [0, 0.1) is 9.39 Å². The summed E-state index contributed by atoms with van der Waals surface area (Å²) in [5.41, 5.74) is 0.461. The second kappa shape index (κ2) is 3.98. The highest BCUT2D eigenvalue weighted by Crippen LogP contribution is 2.18. The Morgan fingerprint density at radius 1 is 1.43 bits per heavy atom. The van der Waals surface area contributed by atoms with E-state index in [0.29, 0.717) is 5.69 Å². The van der Waals surface area contributed by atoms with Crippen molar-refractivity contribution in [3.63, 3.8) is 0 Å². The Balaban J connectivity index is 2.55. The summed E-state index contributed by atoms with van der Waals surface area (Å²) in [5.74, 6) is -0.277. The largest absolute Gasteiger partial charge is 0.237 e. The fraction of sp³-hybridized carbons (Fsp3) is 0. The molecule has 2 nitrogen and oxygen atoms in total. The van der Waals surface area contributed by atoms with Crippen molar-refractivity contribution in [2.75, 3.05) is 0 Å². The monoisotopic (exact) mass is 366 g/mol. The molecule has 0 saturated heterocycles. The van der Waals surface area contributed by atoms with Crippen LogP contribution in [-0.4, -0.2) is 9.78 Å². The van der Waals surface area contributed by atoms with Crippen molar-refractivity contribution in [3.8, 4) is 5.69 Å². The molecule has 1 heterocycles. The lowest BCUT2D eigenvalue weighted by molar-refractivity contribution is 0.610. The predicted molar refractivity (Wildman–Crippen MR) is 63.9 cm³/mol. The zero-order valence-electron chi connectivity index (χ0n) is 6.92. The van der Waals surface area contributed by atoms with Gasteiger partial charge in [-0.1, -0.05) is 0 Å². The molecule has 0 radical (unpaired) electrons. The van der Waals surface area contributed by atoms with Crippen LogP contribution in [0.25, 0.3) is 5.69 Å². The molecule has 1 aromatic carbocycles. The molecule has 0 spiro atoms. The van der Waals surface area contributed by atoms with Crippen molar-refractivity contribution in [2.45, 2.75) is 0 Å². The Kier molecular flexibility index (Phi) is 2.87. The Bertz CT molecular complexity index is 470. The Morgan fingerprint density at radius 2 is 2.21 bits per heavy atom. The minimum absolute atomic E-state index is 0.277. The van der Waals surface area contributed by atoms with E-state index in [2.05, 4.69) is 43.6 Å². The zero-order chi connectivity index (χ0) is 10.1. The second-order valence-corrected chi connectivity index (χ2v) is 4.86. The highest BCUT2D eigenvalue weighted by molar-refractivity contribution is 14.1. The summed E-state index contributed by atoms with van der Waals surface area (Å²) in [6.45, 7) is 0. The molecule has 0 amide bonds. The van der Waals surface area contributed by atoms with Crippen molar-refractivity contribution < 1.29 is 4.39 Å². The first-order valence-corrected chi connectivity index (χ1v) is 5.69. The molecule has 1 aromatic heterocycles. The quantitative estimate of drug-likeness (QED) is 0.707. The summed E-state index contributed by atoms with van der Waals surface area (Å²) in [6.07, 6.45) is 3.34. The smallest absolute Gasteiger partial charge is 0.148 e. The Morgan fingerprint density at radius 3 is 2.86 bits per heavy atom. The van der Waals surface area contributed by atoms with Gasteiger partial charge in [0.05, 0.1) is 10.7 Å². The molecule has 0 saturated carbocycles. The maximum atomic E-state index is 13.4. The molecule has 2 aromatic rings. The third-order valence-electron chi connectivity index (χ3n) is 1.71.